The second-order valence-electron chi connectivity index (χ2n) is 3.60. The van der Waals surface area contributed by atoms with Crippen molar-refractivity contribution in [2.24, 2.45) is 5.41 Å². The molecule has 0 aliphatic heterocycles. The first-order valence-corrected chi connectivity index (χ1v) is 5.71. The number of aliphatic hydroxyl groups is 3. The van der Waals surface area contributed by atoms with Crippen LogP contribution in [0.2, 0.25) is 0 Å². The van der Waals surface area contributed by atoms with Gasteiger partial charge in [-0.1, -0.05) is 20.1 Å². The molecule has 0 atom stereocenters. The van der Waals surface area contributed by atoms with Crippen molar-refractivity contribution < 1.29 is 34.8 Å². The molecular formula is C13H24O7. The van der Waals surface area contributed by atoms with Gasteiger partial charge in [-0.2, -0.15) is 0 Å². The third-order valence-electron chi connectivity index (χ3n) is 2.30. The maximum atomic E-state index is 9.84. The molecule has 7 nitrogen and oxygen atoms in total. The van der Waals surface area contributed by atoms with E-state index in [0.29, 0.717) is 6.42 Å². The number of methoxy groups -OCH3 is 1. The van der Waals surface area contributed by atoms with Crippen molar-refractivity contribution in [2.75, 3.05) is 26.9 Å². The van der Waals surface area contributed by atoms with Crippen LogP contribution in [0.15, 0.2) is 25.3 Å². The third-order valence-corrected chi connectivity index (χ3v) is 2.30. The molecule has 0 heterocycles. The van der Waals surface area contributed by atoms with Crippen molar-refractivity contribution in [3.05, 3.63) is 25.3 Å². The molecule has 7 heteroatoms. The number of carbonyl (C=O) groups is 2. The molecule has 0 spiro atoms. The predicted molar refractivity (Wildman–Crippen MR) is 74.0 cm³/mol. The lowest BCUT2D eigenvalue weighted by Crippen LogP contribution is -2.32. The summed E-state index contributed by atoms with van der Waals surface area (Å²) in [6.45, 7) is 7.47. The molecule has 0 radical (unpaired) electrons. The minimum absolute atomic E-state index is 0.156. The lowest BCUT2D eigenvalue weighted by atomic mass is 9.88. The van der Waals surface area contributed by atoms with Gasteiger partial charge in [-0.25, -0.2) is 9.59 Å². The van der Waals surface area contributed by atoms with Gasteiger partial charge in [-0.15, -0.1) is 0 Å². The molecule has 4 N–H and O–H groups in total. The molecule has 0 rings (SSSR count). The van der Waals surface area contributed by atoms with Gasteiger partial charge >= 0.3 is 11.9 Å². The van der Waals surface area contributed by atoms with Crippen LogP contribution in [0.25, 0.3) is 0 Å². The van der Waals surface area contributed by atoms with Gasteiger partial charge in [-0.3, -0.25) is 0 Å². The van der Waals surface area contributed by atoms with E-state index in [2.05, 4.69) is 17.9 Å². The predicted octanol–water partition coefficient (Wildman–Crippen LogP) is -0.0379. The highest BCUT2D eigenvalue weighted by molar-refractivity contribution is 5.80. The van der Waals surface area contributed by atoms with Crippen LogP contribution in [0.3, 0.4) is 0 Å². The highest BCUT2D eigenvalue weighted by atomic mass is 16.5. The number of aliphatic carboxylic acids is 1. The van der Waals surface area contributed by atoms with Crippen molar-refractivity contribution in [1.82, 2.24) is 0 Å². The Kier molecular flexibility index (Phi) is 18.0. The Balaban J connectivity index is -0.000000230. The van der Waals surface area contributed by atoms with Gasteiger partial charge < -0.3 is 25.2 Å². The summed E-state index contributed by atoms with van der Waals surface area (Å²) in [5.41, 5.74) is -0.667. The fraction of sp³-hybridized carbons (Fsp3) is 0.538. The number of rotatable bonds is 6. The fourth-order valence-corrected chi connectivity index (χ4v) is 0.569. The van der Waals surface area contributed by atoms with Crippen LogP contribution in [0, 0.1) is 5.41 Å². The molecule has 0 aliphatic carbocycles. The normalized spacial score (nSPS) is 9.05. The fourth-order valence-electron chi connectivity index (χ4n) is 0.569. The number of aliphatic hydroxyl groups excluding tert-OH is 3. The summed E-state index contributed by atoms with van der Waals surface area (Å²) < 4.78 is 4.14. The number of hydrogen-bond donors (Lipinski definition) is 4. The summed E-state index contributed by atoms with van der Waals surface area (Å²) in [5.74, 6) is -1.37. The van der Waals surface area contributed by atoms with Crippen molar-refractivity contribution >= 4 is 11.9 Å². The molecule has 0 saturated carbocycles. The molecule has 20 heavy (non-hydrogen) atoms. The number of ether oxygens (including phenoxy) is 1. The lowest BCUT2D eigenvalue weighted by Gasteiger charge is -2.24. The van der Waals surface area contributed by atoms with Crippen LogP contribution in [0.5, 0.6) is 0 Å². The molecule has 0 aromatic rings. The highest BCUT2D eigenvalue weighted by Gasteiger charge is 2.24. The lowest BCUT2D eigenvalue weighted by molar-refractivity contribution is -0.135. The molecule has 0 amide bonds. The first-order chi connectivity index (χ1) is 9.32. The summed E-state index contributed by atoms with van der Waals surface area (Å²) in [4.78, 5) is 19.1. The van der Waals surface area contributed by atoms with Gasteiger partial charge in [0.05, 0.1) is 26.9 Å². The summed E-state index contributed by atoms with van der Waals surface area (Å²) >= 11 is 0. The van der Waals surface area contributed by atoms with Crippen LogP contribution < -0.4 is 0 Å². The van der Waals surface area contributed by atoms with E-state index in [4.69, 9.17) is 20.4 Å². The average Bonchev–Trinajstić information content (AvgIpc) is 2.50. The quantitative estimate of drug-likeness (QED) is 0.400. The van der Waals surface area contributed by atoms with E-state index >= 15 is 0 Å². The highest BCUT2D eigenvalue weighted by Crippen LogP contribution is 2.18. The van der Waals surface area contributed by atoms with E-state index < -0.39 is 17.4 Å². The zero-order valence-electron chi connectivity index (χ0n) is 11.9. The molecule has 0 fully saturated rings. The second kappa shape index (κ2) is 15.4. The Bertz CT molecular complexity index is 265. The van der Waals surface area contributed by atoms with Gasteiger partial charge in [0.1, 0.15) is 0 Å². The molecule has 0 aliphatic rings. The molecule has 0 bridgehead atoms. The van der Waals surface area contributed by atoms with Crippen LogP contribution in [0.4, 0.5) is 0 Å². The Morgan fingerprint density at radius 2 is 1.45 bits per heavy atom. The van der Waals surface area contributed by atoms with Crippen molar-refractivity contribution in [1.29, 1.82) is 0 Å². The minimum Gasteiger partial charge on any atom is -0.478 e. The van der Waals surface area contributed by atoms with E-state index in [1.807, 2.05) is 6.92 Å². The Labute approximate surface area is 118 Å². The minimum atomic E-state index is -0.981. The van der Waals surface area contributed by atoms with Crippen LogP contribution >= 0.6 is 0 Å². The number of carbonyl (C=O) groups excluding carboxylic acids is 1. The molecular weight excluding hydrogens is 268 g/mol. The van der Waals surface area contributed by atoms with E-state index in [0.717, 1.165) is 12.2 Å². The van der Waals surface area contributed by atoms with E-state index in [-0.39, 0.29) is 19.8 Å². The molecule has 0 unspecified atom stereocenters. The van der Waals surface area contributed by atoms with Gasteiger partial charge in [0.25, 0.3) is 0 Å². The largest absolute Gasteiger partial charge is 0.478 e. The monoisotopic (exact) mass is 292 g/mol. The van der Waals surface area contributed by atoms with Crippen LogP contribution in [-0.4, -0.2) is 59.3 Å². The Hall–Kier alpha value is -1.70. The zero-order valence-corrected chi connectivity index (χ0v) is 11.9. The zero-order chi connectivity index (χ0) is 16.6. The number of hydrogen-bond acceptors (Lipinski definition) is 6. The first kappa shape index (κ1) is 23.4. The van der Waals surface area contributed by atoms with Crippen molar-refractivity contribution in [3.63, 3.8) is 0 Å². The third kappa shape index (κ3) is 14.4. The molecule has 0 aromatic carbocycles. The van der Waals surface area contributed by atoms with E-state index in [1.165, 1.54) is 7.11 Å². The topological polar surface area (TPSA) is 124 Å². The van der Waals surface area contributed by atoms with Crippen LogP contribution in [-0.2, 0) is 14.3 Å². The van der Waals surface area contributed by atoms with Gasteiger partial charge in [0, 0.05) is 17.6 Å². The molecule has 118 valence electrons. The standard InChI is InChI=1S/C6H14O3.C4H6O2.C3H4O2/c1-2-6(3-7,4-8)5-9;1-3-4(5)6-2;1-2-3(4)5/h7-9H,2-5H2,1H3;3H,1H2,2H3;2H,1H2,(H,4,5). The van der Waals surface area contributed by atoms with Crippen LogP contribution in [0.1, 0.15) is 13.3 Å². The maximum Gasteiger partial charge on any atom is 0.329 e. The first-order valence-electron chi connectivity index (χ1n) is 5.71. The Morgan fingerprint density at radius 1 is 1.10 bits per heavy atom. The van der Waals surface area contributed by atoms with Gasteiger partial charge in [0.2, 0.25) is 0 Å². The van der Waals surface area contributed by atoms with Crippen molar-refractivity contribution in [2.45, 2.75) is 13.3 Å². The van der Waals surface area contributed by atoms with Gasteiger partial charge in [0.15, 0.2) is 0 Å². The molecule has 0 aromatic heterocycles. The second-order valence-corrected chi connectivity index (χ2v) is 3.60. The number of carboxylic acid groups (broad SMARTS) is 1. The van der Waals surface area contributed by atoms with E-state index in [1.54, 1.807) is 0 Å². The summed E-state index contributed by atoms with van der Waals surface area (Å²) in [7, 11) is 1.31. The van der Waals surface area contributed by atoms with E-state index in [9.17, 15) is 9.59 Å². The smallest absolute Gasteiger partial charge is 0.329 e. The SMILES string of the molecule is C=CC(=O)O.C=CC(=O)OC.CCC(CO)(CO)CO. The van der Waals surface area contributed by atoms with Crippen molar-refractivity contribution in [3.8, 4) is 0 Å². The van der Waals surface area contributed by atoms with Gasteiger partial charge in [-0.05, 0) is 6.42 Å². The summed E-state index contributed by atoms with van der Waals surface area (Å²) in [5, 5.41) is 33.6. The maximum absolute atomic E-state index is 9.84. The number of carboxylic acids is 1. The average molecular weight is 292 g/mol. The molecule has 0 saturated heterocycles. The Morgan fingerprint density at radius 3 is 1.45 bits per heavy atom. The summed E-state index contributed by atoms with van der Waals surface area (Å²) in [6.07, 6.45) is 2.54. The summed E-state index contributed by atoms with van der Waals surface area (Å²) in [6, 6.07) is 0. The number of esters is 1.